The molecule has 0 aliphatic carbocycles. The van der Waals surface area contributed by atoms with E-state index in [9.17, 15) is 0 Å². The van der Waals surface area contributed by atoms with Gasteiger partial charge in [0.25, 0.3) is 0 Å². The molecule has 0 aliphatic rings. The van der Waals surface area contributed by atoms with E-state index in [0.717, 1.165) is 28.0 Å². The van der Waals surface area contributed by atoms with Gasteiger partial charge in [-0.1, -0.05) is 46.0 Å². The number of imidazole rings is 1. The topological polar surface area (TPSA) is 73.5 Å². The number of nitrogen functional groups attached to an aromatic ring is 1. The summed E-state index contributed by atoms with van der Waals surface area (Å²) in [4.78, 5) is 8.49. The van der Waals surface area contributed by atoms with Gasteiger partial charge in [-0.25, -0.2) is 14.5 Å². The van der Waals surface area contributed by atoms with E-state index in [2.05, 4.69) is 28.9 Å². The van der Waals surface area contributed by atoms with Crippen molar-refractivity contribution in [2.75, 3.05) is 5.73 Å². The second-order valence-electron chi connectivity index (χ2n) is 6.75. The van der Waals surface area contributed by atoms with E-state index in [1.165, 1.54) is 32.1 Å². The molecular weight excluding hydrogens is 336 g/mol. The molecular formula is C21H28N6. The monoisotopic (exact) mass is 364 g/mol. The lowest BCUT2D eigenvalue weighted by Crippen LogP contribution is -2.03. The standard InChI is InChI=1S/C14H12N6.C7H16/c1-9-13-11(4-6-20(13)18-14(15)17-9)10-2-3-12-16-5-7-19(12)8-10;1-3-5-7-6-4-2/h2-8H,1H3,(H2,15,18);3-7H2,1-2H3. The molecule has 0 radical (unpaired) electrons. The fourth-order valence-electron chi connectivity index (χ4n) is 3.21. The lowest BCUT2D eigenvalue weighted by Gasteiger charge is -2.04. The van der Waals surface area contributed by atoms with E-state index in [1.807, 2.05) is 48.1 Å². The Bertz CT molecular complexity index is 1010. The van der Waals surface area contributed by atoms with Crippen molar-refractivity contribution in [3.05, 3.63) is 48.7 Å². The molecule has 4 heterocycles. The molecule has 2 N–H and O–H groups in total. The Hall–Kier alpha value is -2.89. The normalized spacial score (nSPS) is 10.9. The van der Waals surface area contributed by atoms with Crippen molar-refractivity contribution in [2.24, 2.45) is 0 Å². The molecule has 0 fully saturated rings. The maximum atomic E-state index is 5.68. The fraction of sp³-hybridized carbons (Fsp3) is 0.381. The van der Waals surface area contributed by atoms with Crippen LogP contribution in [0, 0.1) is 6.92 Å². The molecule has 4 aromatic rings. The maximum Gasteiger partial charge on any atom is 0.238 e. The highest BCUT2D eigenvalue weighted by molar-refractivity contribution is 5.82. The van der Waals surface area contributed by atoms with Gasteiger partial charge in [-0.3, -0.25) is 0 Å². The number of pyridine rings is 1. The molecule has 0 atom stereocenters. The summed E-state index contributed by atoms with van der Waals surface area (Å²) in [5.41, 5.74) is 10.6. The van der Waals surface area contributed by atoms with Crippen LogP contribution in [0.1, 0.15) is 51.6 Å². The van der Waals surface area contributed by atoms with E-state index >= 15 is 0 Å². The van der Waals surface area contributed by atoms with Gasteiger partial charge < -0.3 is 10.1 Å². The van der Waals surface area contributed by atoms with Gasteiger partial charge in [0.2, 0.25) is 5.95 Å². The summed E-state index contributed by atoms with van der Waals surface area (Å²) < 4.78 is 3.76. The third-order valence-electron chi connectivity index (χ3n) is 4.61. The highest BCUT2D eigenvalue weighted by Gasteiger charge is 2.11. The molecule has 0 unspecified atom stereocenters. The fourth-order valence-corrected chi connectivity index (χ4v) is 3.21. The predicted molar refractivity (Wildman–Crippen MR) is 111 cm³/mol. The van der Waals surface area contributed by atoms with Crippen molar-refractivity contribution in [1.29, 1.82) is 0 Å². The number of hydrogen-bond acceptors (Lipinski definition) is 4. The average molecular weight is 364 g/mol. The van der Waals surface area contributed by atoms with Crippen molar-refractivity contribution in [2.45, 2.75) is 52.9 Å². The molecule has 6 nitrogen and oxygen atoms in total. The lowest BCUT2D eigenvalue weighted by atomic mass is 10.1. The van der Waals surface area contributed by atoms with Crippen molar-refractivity contribution < 1.29 is 0 Å². The summed E-state index contributed by atoms with van der Waals surface area (Å²) in [6.45, 7) is 6.43. The molecule has 4 rings (SSSR count). The van der Waals surface area contributed by atoms with Crippen LogP contribution in [0.25, 0.3) is 22.3 Å². The summed E-state index contributed by atoms with van der Waals surface area (Å²) in [5, 5.41) is 4.20. The Balaban J connectivity index is 0.000000260. The van der Waals surface area contributed by atoms with Crippen LogP contribution in [0.5, 0.6) is 0 Å². The van der Waals surface area contributed by atoms with E-state index in [4.69, 9.17) is 5.73 Å². The predicted octanol–water partition coefficient (Wildman–Crippen LogP) is 4.91. The first-order chi connectivity index (χ1) is 13.1. The van der Waals surface area contributed by atoms with Gasteiger partial charge in [-0.05, 0) is 25.1 Å². The Labute approximate surface area is 160 Å². The highest BCUT2D eigenvalue weighted by Crippen LogP contribution is 2.27. The molecule has 0 saturated carbocycles. The molecule has 27 heavy (non-hydrogen) atoms. The van der Waals surface area contributed by atoms with Crippen LogP contribution in [0.15, 0.2) is 43.0 Å². The van der Waals surface area contributed by atoms with Crippen LogP contribution in [-0.4, -0.2) is 24.0 Å². The third kappa shape index (κ3) is 4.27. The van der Waals surface area contributed by atoms with Crippen LogP contribution >= 0.6 is 0 Å². The van der Waals surface area contributed by atoms with Gasteiger partial charge in [-0.2, -0.15) is 0 Å². The highest BCUT2D eigenvalue weighted by atomic mass is 15.3. The van der Waals surface area contributed by atoms with Crippen LogP contribution in [-0.2, 0) is 0 Å². The number of rotatable bonds is 5. The molecule has 0 aliphatic heterocycles. The number of aromatic nitrogens is 5. The van der Waals surface area contributed by atoms with Gasteiger partial charge in [0.05, 0.1) is 11.2 Å². The number of fused-ring (bicyclic) bond motifs is 2. The van der Waals surface area contributed by atoms with Crippen LogP contribution in [0.3, 0.4) is 0 Å². The van der Waals surface area contributed by atoms with Gasteiger partial charge in [0.15, 0.2) is 0 Å². The van der Waals surface area contributed by atoms with Gasteiger partial charge in [0.1, 0.15) is 5.65 Å². The Morgan fingerprint density at radius 3 is 2.52 bits per heavy atom. The molecule has 0 amide bonds. The first-order valence-corrected chi connectivity index (χ1v) is 9.68. The smallest absolute Gasteiger partial charge is 0.238 e. The minimum Gasteiger partial charge on any atom is -0.367 e. The molecule has 0 aromatic carbocycles. The minimum atomic E-state index is 0.280. The first-order valence-electron chi connectivity index (χ1n) is 9.68. The lowest BCUT2D eigenvalue weighted by molar-refractivity contribution is 0.656. The molecule has 6 heteroatoms. The van der Waals surface area contributed by atoms with Crippen LogP contribution < -0.4 is 5.73 Å². The Kier molecular flexibility index (Phi) is 6.06. The zero-order valence-electron chi connectivity index (χ0n) is 16.4. The van der Waals surface area contributed by atoms with Crippen molar-refractivity contribution in [3.63, 3.8) is 0 Å². The SMILES string of the molecule is CCCCCCC.Cc1nc(N)nn2ccc(-c3ccc4nccn4c3)c12. The number of unbranched alkanes of at least 4 members (excludes halogenated alkanes) is 4. The molecule has 4 aromatic heterocycles. The summed E-state index contributed by atoms with van der Waals surface area (Å²) in [7, 11) is 0. The maximum absolute atomic E-state index is 5.68. The third-order valence-corrected chi connectivity index (χ3v) is 4.61. The summed E-state index contributed by atoms with van der Waals surface area (Å²) in [6.07, 6.45) is 14.7. The summed E-state index contributed by atoms with van der Waals surface area (Å²) >= 11 is 0. The molecule has 142 valence electrons. The van der Waals surface area contributed by atoms with Gasteiger partial charge in [-0.15, -0.1) is 5.10 Å². The van der Waals surface area contributed by atoms with Gasteiger partial charge in [0, 0.05) is 35.9 Å². The first kappa shape index (κ1) is 18.9. The van der Waals surface area contributed by atoms with E-state index in [0.29, 0.717) is 0 Å². The van der Waals surface area contributed by atoms with E-state index < -0.39 is 0 Å². The van der Waals surface area contributed by atoms with Crippen LogP contribution in [0.4, 0.5) is 5.95 Å². The number of nitrogens with two attached hydrogens (primary N) is 1. The zero-order chi connectivity index (χ0) is 19.2. The Morgan fingerprint density at radius 1 is 1.00 bits per heavy atom. The average Bonchev–Trinajstić information content (AvgIpc) is 3.28. The molecule has 0 spiro atoms. The van der Waals surface area contributed by atoms with Crippen molar-refractivity contribution in [1.82, 2.24) is 24.0 Å². The number of nitrogens with zero attached hydrogens (tertiary/aromatic N) is 5. The second-order valence-corrected chi connectivity index (χ2v) is 6.75. The van der Waals surface area contributed by atoms with Crippen LogP contribution in [0.2, 0.25) is 0 Å². The van der Waals surface area contributed by atoms with Crippen molar-refractivity contribution >= 4 is 17.1 Å². The Morgan fingerprint density at radius 2 is 1.78 bits per heavy atom. The number of anilines is 1. The van der Waals surface area contributed by atoms with Crippen molar-refractivity contribution in [3.8, 4) is 11.1 Å². The largest absolute Gasteiger partial charge is 0.367 e. The quantitative estimate of drug-likeness (QED) is 0.511. The molecule has 0 bridgehead atoms. The number of hydrogen-bond donors (Lipinski definition) is 1. The zero-order valence-corrected chi connectivity index (χ0v) is 16.4. The van der Waals surface area contributed by atoms with E-state index in [-0.39, 0.29) is 5.95 Å². The summed E-state index contributed by atoms with van der Waals surface area (Å²) in [5.74, 6) is 0.280. The second kappa shape index (κ2) is 8.66. The molecule has 0 saturated heterocycles. The van der Waals surface area contributed by atoms with Gasteiger partial charge >= 0.3 is 0 Å². The minimum absolute atomic E-state index is 0.280. The van der Waals surface area contributed by atoms with E-state index in [1.54, 1.807) is 10.7 Å². The summed E-state index contributed by atoms with van der Waals surface area (Å²) in [6, 6.07) is 6.06. The number of aryl methyl sites for hydroxylation is 1.